The van der Waals surface area contributed by atoms with Gasteiger partial charge in [0.15, 0.2) is 9.84 Å². The lowest BCUT2D eigenvalue weighted by molar-refractivity contribution is 0.414. The predicted molar refractivity (Wildman–Crippen MR) is 103 cm³/mol. The molecule has 3 rings (SSSR count). The molecule has 154 valence electrons. The first-order valence-electron chi connectivity index (χ1n) is 8.40. The third kappa shape index (κ3) is 4.66. The van der Waals surface area contributed by atoms with Crippen LogP contribution in [0.4, 0.5) is 4.39 Å². The van der Waals surface area contributed by atoms with E-state index in [9.17, 15) is 21.2 Å². The number of nitrogens with one attached hydrogen (secondary N) is 1. The van der Waals surface area contributed by atoms with Gasteiger partial charge in [0.05, 0.1) is 23.2 Å². The van der Waals surface area contributed by atoms with E-state index in [0.29, 0.717) is 5.75 Å². The highest BCUT2D eigenvalue weighted by atomic mass is 32.2. The molecular weight excluding hydrogens is 421 g/mol. The zero-order chi connectivity index (χ0) is 21.1. The summed E-state index contributed by atoms with van der Waals surface area (Å²) in [5.41, 5.74) is 0. The van der Waals surface area contributed by atoms with Crippen LogP contribution in [0.15, 0.2) is 81.1 Å². The van der Waals surface area contributed by atoms with Gasteiger partial charge in [0.1, 0.15) is 22.6 Å². The Morgan fingerprint density at radius 3 is 2.14 bits per heavy atom. The van der Waals surface area contributed by atoms with Crippen molar-refractivity contribution in [1.29, 1.82) is 0 Å². The van der Waals surface area contributed by atoms with Gasteiger partial charge in [0.25, 0.3) is 0 Å². The second-order valence-corrected chi connectivity index (χ2v) is 9.93. The van der Waals surface area contributed by atoms with E-state index in [-0.39, 0.29) is 15.6 Å². The average Bonchev–Trinajstić information content (AvgIpc) is 3.22. The van der Waals surface area contributed by atoms with Crippen molar-refractivity contribution in [2.45, 2.75) is 15.0 Å². The highest BCUT2D eigenvalue weighted by Crippen LogP contribution is 2.29. The topological polar surface area (TPSA) is 103 Å². The van der Waals surface area contributed by atoms with Gasteiger partial charge in [-0.1, -0.05) is 0 Å². The standard InChI is InChI=1S/C19H18FNO6S2/c1-26-15-6-10-17(11-7-15)29(24,25)21-13-19(18-3-2-12-27-18)28(22,23)16-8-4-14(20)5-9-16/h2-12,19,21H,13H2,1H3/t19-/m1/s1. The van der Waals surface area contributed by atoms with Crippen LogP contribution in [0.3, 0.4) is 0 Å². The maximum absolute atomic E-state index is 13.2. The van der Waals surface area contributed by atoms with Gasteiger partial charge in [-0.25, -0.2) is 25.9 Å². The van der Waals surface area contributed by atoms with Gasteiger partial charge in [0.2, 0.25) is 10.0 Å². The largest absolute Gasteiger partial charge is 0.497 e. The van der Waals surface area contributed by atoms with Crippen molar-refractivity contribution in [2.75, 3.05) is 13.7 Å². The molecular formula is C19H18FNO6S2. The second kappa shape index (κ2) is 8.36. The molecule has 29 heavy (non-hydrogen) atoms. The van der Waals surface area contributed by atoms with Crippen molar-refractivity contribution in [2.24, 2.45) is 0 Å². The summed E-state index contributed by atoms with van der Waals surface area (Å²) < 4.78 is 77.0. The van der Waals surface area contributed by atoms with Gasteiger partial charge >= 0.3 is 0 Å². The molecule has 0 saturated heterocycles. The molecule has 0 spiro atoms. The van der Waals surface area contributed by atoms with E-state index in [1.165, 1.54) is 49.8 Å². The molecule has 1 heterocycles. The fourth-order valence-electron chi connectivity index (χ4n) is 2.65. The molecule has 0 radical (unpaired) electrons. The Labute approximate surface area is 168 Å². The lowest BCUT2D eigenvalue weighted by atomic mass is 10.3. The molecule has 7 nitrogen and oxygen atoms in total. The molecule has 2 aromatic carbocycles. The first-order valence-corrected chi connectivity index (χ1v) is 11.4. The molecule has 0 bridgehead atoms. The van der Waals surface area contributed by atoms with Crippen LogP contribution < -0.4 is 9.46 Å². The number of sulfonamides is 1. The second-order valence-electron chi connectivity index (χ2n) is 6.03. The third-order valence-electron chi connectivity index (χ3n) is 4.21. The lowest BCUT2D eigenvalue weighted by Gasteiger charge is -2.17. The summed E-state index contributed by atoms with van der Waals surface area (Å²) >= 11 is 0. The van der Waals surface area contributed by atoms with E-state index in [1.54, 1.807) is 0 Å². The number of rotatable bonds is 8. The van der Waals surface area contributed by atoms with E-state index in [4.69, 9.17) is 9.15 Å². The van der Waals surface area contributed by atoms with Gasteiger partial charge < -0.3 is 9.15 Å². The fraction of sp³-hybridized carbons (Fsp3) is 0.158. The van der Waals surface area contributed by atoms with Crippen LogP contribution in [0.5, 0.6) is 5.75 Å². The summed E-state index contributed by atoms with van der Waals surface area (Å²) in [5.74, 6) is -0.0400. The van der Waals surface area contributed by atoms with Gasteiger partial charge in [0, 0.05) is 6.54 Å². The van der Waals surface area contributed by atoms with Crippen molar-refractivity contribution in [3.8, 4) is 5.75 Å². The monoisotopic (exact) mass is 439 g/mol. The van der Waals surface area contributed by atoms with Crippen LogP contribution in [0.2, 0.25) is 0 Å². The first kappa shape index (κ1) is 21.0. The van der Waals surface area contributed by atoms with Gasteiger partial charge in [-0.2, -0.15) is 0 Å². The van der Waals surface area contributed by atoms with Crippen molar-refractivity contribution in [1.82, 2.24) is 4.72 Å². The Hall–Kier alpha value is -2.69. The minimum absolute atomic E-state index is 0.0457. The number of ether oxygens (including phenoxy) is 1. The smallest absolute Gasteiger partial charge is 0.240 e. The van der Waals surface area contributed by atoms with Crippen LogP contribution in [-0.4, -0.2) is 30.5 Å². The van der Waals surface area contributed by atoms with E-state index in [0.717, 1.165) is 24.3 Å². The fourth-order valence-corrected chi connectivity index (χ4v) is 5.39. The molecule has 0 saturated carbocycles. The highest BCUT2D eigenvalue weighted by Gasteiger charge is 2.33. The number of sulfone groups is 1. The van der Waals surface area contributed by atoms with Crippen LogP contribution in [-0.2, 0) is 19.9 Å². The SMILES string of the molecule is COc1ccc(S(=O)(=O)NC[C@H](c2ccco2)S(=O)(=O)c2ccc(F)cc2)cc1. The lowest BCUT2D eigenvalue weighted by Crippen LogP contribution is -2.31. The number of halogens is 1. The molecule has 0 amide bonds. The molecule has 0 unspecified atom stereocenters. The van der Waals surface area contributed by atoms with E-state index in [2.05, 4.69) is 4.72 Å². The van der Waals surface area contributed by atoms with Crippen molar-refractivity contribution in [3.63, 3.8) is 0 Å². The number of benzene rings is 2. The predicted octanol–water partition coefficient (Wildman–Crippen LogP) is 2.92. The summed E-state index contributed by atoms with van der Waals surface area (Å²) in [5, 5.41) is -1.34. The molecule has 3 aromatic rings. The summed E-state index contributed by atoms with van der Waals surface area (Å²) in [6, 6.07) is 12.9. The highest BCUT2D eigenvalue weighted by molar-refractivity contribution is 7.92. The minimum atomic E-state index is -4.06. The number of hydrogen-bond acceptors (Lipinski definition) is 6. The quantitative estimate of drug-likeness (QED) is 0.542. The van der Waals surface area contributed by atoms with Crippen LogP contribution in [0.25, 0.3) is 0 Å². The minimum Gasteiger partial charge on any atom is -0.497 e. The molecule has 1 N–H and O–H groups in total. The average molecular weight is 439 g/mol. The van der Waals surface area contributed by atoms with Crippen LogP contribution in [0.1, 0.15) is 11.0 Å². The van der Waals surface area contributed by atoms with Crippen molar-refractivity contribution >= 4 is 19.9 Å². The number of hydrogen-bond donors (Lipinski definition) is 1. The van der Waals surface area contributed by atoms with Gasteiger partial charge in [-0.3, -0.25) is 0 Å². The van der Waals surface area contributed by atoms with E-state index < -0.39 is 37.5 Å². The van der Waals surface area contributed by atoms with E-state index >= 15 is 0 Å². The number of methoxy groups -OCH3 is 1. The summed E-state index contributed by atoms with van der Waals surface area (Å²) in [4.78, 5) is -0.195. The van der Waals surface area contributed by atoms with Crippen molar-refractivity contribution < 1.29 is 30.4 Å². The Bertz CT molecular complexity index is 1160. The summed E-state index contributed by atoms with van der Waals surface area (Å²) in [6.45, 7) is -0.471. The van der Waals surface area contributed by atoms with Gasteiger partial charge in [-0.05, 0) is 60.7 Å². The van der Waals surface area contributed by atoms with Gasteiger partial charge in [-0.15, -0.1) is 0 Å². The molecule has 0 aliphatic carbocycles. The maximum atomic E-state index is 13.2. The zero-order valence-corrected chi connectivity index (χ0v) is 16.9. The maximum Gasteiger partial charge on any atom is 0.240 e. The Balaban J connectivity index is 1.89. The summed E-state index contributed by atoms with van der Waals surface area (Å²) in [6.07, 6.45) is 1.29. The number of furan rings is 1. The molecule has 10 heteroatoms. The van der Waals surface area contributed by atoms with Crippen LogP contribution >= 0.6 is 0 Å². The molecule has 0 fully saturated rings. The Morgan fingerprint density at radius 2 is 1.59 bits per heavy atom. The van der Waals surface area contributed by atoms with E-state index in [1.807, 2.05) is 0 Å². The Kier molecular flexibility index (Phi) is 6.06. The Morgan fingerprint density at radius 1 is 0.966 bits per heavy atom. The molecule has 0 aliphatic heterocycles. The normalized spacial score (nSPS) is 13.2. The third-order valence-corrected chi connectivity index (χ3v) is 7.72. The molecule has 0 aliphatic rings. The first-order chi connectivity index (χ1) is 13.7. The summed E-state index contributed by atoms with van der Waals surface area (Å²) in [7, 11) is -6.60. The van der Waals surface area contributed by atoms with Crippen molar-refractivity contribution in [3.05, 3.63) is 78.5 Å². The zero-order valence-electron chi connectivity index (χ0n) is 15.3. The van der Waals surface area contributed by atoms with Crippen LogP contribution in [0, 0.1) is 5.82 Å². The molecule has 1 atom stereocenters. The molecule has 1 aromatic heterocycles.